The number of nitrogens with zero attached hydrogens (tertiary/aromatic N) is 3. The van der Waals surface area contributed by atoms with Crippen LogP contribution in [0.3, 0.4) is 0 Å². The Morgan fingerprint density at radius 3 is 2.68 bits per heavy atom. The molecule has 0 fully saturated rings. The Morgan fingerprint density at radius 2 is 2.00 bits per heavy atom. The number of hydrogen-bond donors (Lipinski definition) is 1. The standard InChI is InChI=1S/C13H14F2N4/c1-19(13-4-5-17-12(7-16)18-13)8-9-2-3-10(14)11(15)6-9/h2-6H,7-8,16H2,1H3. The molecule has 0 saturated heterocycles. The van der Waals surface area contributed by atoms with Gasteiger partial charge in [0.2, 0.25) is 0 Å². The molecule has 0 saturated carbocycles. The molecule has 1 aromatic carbocycles. The highest BCUT2D eigenvalue weighted by atomic mass is 19.2. The Labute approximate surface area is 109 Å². The molecule has 100 valence electrons. The Balaban J connectivity index is 2.15. The van der Waals surface area contributed by atoms with Crippen molar-refractivity contribution in [1.29, 1.82) is 0 Å². The molecular weight excluding hydrogens is 250 g/mol. The van der Waals surface area contributed by atoms with Crippen LogP contribution in [0.2, 0.25) is 0 Å². The van der Waals surface area contributed by atoms with Gasteiger partial charge in [-0.05, 0) is 23.8 Å². The molecule has 2 N–H and O–H groups in total. The highest BCUT2D eigenvalue weighted by Crippen LogP contribution is 2.14. The topological polar surface area (TPSA) is 55.0 Å². The van der Waals surface area contributed by atoms with Crippen molar-refractivity contribution in [3.63, 3.8) is 0 Å². The van der Waals surface area contributed by atoms with Crippen molar-refractivity contribution in [1.82, 2.24) is 9.97 Å². The molecule has 0 unspecified atom stereocenters. The highest BCUT2D eigenvalue weighted by molar-refractivity contribution is 5.37. The Morgan fingerprint density at radius 1 is 1.21 bits per heavy atom. The average molecular weight is 264 g/mol. The van der Waals surface area contributed by atoms with E-state index in [1.54, 1.807) is 18.3 Å². The van der Waals surface area contributed by atoms with Crippen molar-refractivity contribution in [2.75, 3.05) is 11.9 Å². The van der Waals surface area contributed by atoms with Gasteiger partial charge in [-0.15, -0.1) is 0 Å². The summed E-state index contributed by atoms with van der Waals surface area (Å²) in [6.45, 7) is 0.672. The zero-order valence-electron chi connectivity index (χ0n) is 10.5. The summed E-state index contributed by atoms with van der Waals surface area (Å²) in [5, 5.41) is 0. The van der Waals surface area contributed by atoms with Gasteiger partial charge in [0.1, 0.15) is 11.6 Å². The van der Waals surface area contributed by atoms with Gasteiger partial charge in [-0.1, -0.05) is 6.07 Å². The first kappa shape index (κ1) is 13.4. The van der Waals surface area contributed by atoms with Crippen LogP contribution in [-0.4, -0.2) is 17.0 Å². The first-order valence-corrected chi connectivity index (χ1v) is 5.77. The van der Waals surface area contributed by atoms with Gasteiger partial charge in [-0.2, -0.15) is 0 Å². The van der Waals surface area contributed by atoms with Crippen molar-refractivity contribution >= 4 is 5.82 Å². The lowest BCUT2D eigenvalue weighted by Gasteiger charge is -2.18. The normalized spacial score (nSPS) is 10.5. The van der Waals surface area contributed by atoms with Crippen molar-refractivity contribution in [3.05, 3.63) is 53.5 Å². The van der Waals surface area contributed by atoms with Crippen molar-refractivity contribution < 1.29 is 8.78 Å². The molecule has 6 heteroatoms. The van der Waals surface area contributed by atoms with Crippen LogP contribution >= 0.6 is 0 Å². The molecule has 2 rings (SSSR count). The van der Waals surface area contributed by atoms with Crippen molar-refractivity contribution in [2.24, 2.45) is 5.73 Å². The monoisotopic (exact) mass is 264 g/mol. The summed E-state index contributed by atoms with van der Waals surface area (Å²) in [5.41, 5.74) is 6.13. The SMILES string of the molecule is CN(Cc1ccc(F)c(F)c1)c1ccnc(CN)n1. The first-order valence-electron chi connectivity index (χ1n) is 5.77. The number of halogens is 2. The molecule has 4 nitrogen and oxygen atoms in total. The third kappa shape index (κ3) is 3.23. The molecule has 1 aromatic heterocycles. The maximum atomic E-state index is 13.1. The van der Waals surface area contributed by atoms with E-state index in [0.29, 0.717) is 23.8 Å². The van der Waals surface area contributed by atoms with E-state index < -0.39 is 11.6 Å². The van der Waals surface area contributed by atoms with Gasteiger partial charge in [0.05, 0.1) is 6.54 Å². The van der Waals surface area contributed by atoms with E-state index in [-0.39, 0.29) is 6.54 Å². The molecular formula is C13H14F2N4. The zero-order valence-corrected chi connectivity index (χ0v) is 10.5. The van der Waals surface area contributed by atoms with Crippen LogP contribution in [0, 0.1) is 11.6 Å². The smallest absolute Gasteiger partial charge is 0.159 e. The largest absolute Gasteiger partial charge is 0.355 e. The fourth-order valence-electron chi connectivity index (χ4n) is 1.69. The average Bonchev–Trinajstić information content (AvgIpc) is 2.43. The highest BCUT2D eigenvalue weighted by Gasteiger charge is 2.07. The third-order valence-corrected chi connectivity index (χ3v) is 2.67. The molecule has 2 aromatic rings. The van der Waals surface area contributed by atoms with Crippen LogP contribution in [-0.2, 0) is 13.1 Å². The number of nitrogens with two attached hydrogens (primary N) is 1. The maximum Gasteiger partial charge on any atom is 0.159 e. The molecule has 0 aliphatic carbocycles. The molecule has 1 heterocycles. The van der Waals surface area contributed by atoms with Crippen LogP contribution in [0.5, 0.6) is 0 Å². The fraction of sp³-hybridized carbons (Fsp3) is 0.231. The maximum absolute atomic E-state index is 13.1. The minimum absolute atomic E-state index is 0.257. The van der Waals surface area contributed by atoms with E-state index in [1.165, 1.54) is 6.07 Å². The van der Waals surface area contributed by atoms with E-state index in [2.05, 4.69) is 9.97 Å². The summed E-state index contributed by atoms with van der Waals surface area (Å²) in [6.07, 6.45) is 1.62. The fourth-order valence-corrected chi connectivity index (χ4v) is 1.69. The first-order chi connectivity index (χ1) is 9.10. The van der Waals surface area contributed by atoms with E-state index in [1.807, 2.05) is 11.9 Å². The van der Waals surface area contributed by atoms with Gasteiger partial charge in [-0.3, -0.25) is 0 Å². The van der Waals surface area contributed by atoms with E-state index in [4.69, 9.17) is 5.73 Å². The van der Waals surface area contributed by atoms with Crippen LogP contribution in [0.25, 0.3) is 0 Å². The summed E-state index contributed by atoms with van der Waals surface area (Å²) in [7, 11) is 1.81. The summed E-state index contributed by atoms with van der Waals surface area (Å²) >= 11 is 0. The van der Waals surface area contributed by atoms with Crippen LogP contribution in [0.15, 0.2) is 30.5 Å². The van der Waals surface area contributed by atoms with Gasteiger partial charge in [0.25, 0.3) is 0 Å². The Bertz CT molecular complexity index is 574. The van der Waals surface area contributed by atoms with Gasteiger partial charge < -0.3 is 10.6 Å². The predicted octanol–water partition coefficient (Wildman–Crippen LogP) is 1.85. The van der Waals surface area contributed by atoms with Crippen LogP contribution < -0.4 is 10.6 Å². The molecule has 19 heavy (non-hydrogen) atoms. The van der Waals surface area contributed by atoms with E-state index >= 15 is 0 Å². The number of aromatic nitrogens is 2. The van der Waals surface area contributed by atoms with Crippen LogP contribution in [0.1, 0.15) is 11.4 Å². The van der Waals surface area contributed by atoms with Gasteiger partial charge in [0, 0.05) is 19.8 Å². The molecule has 0 atom stereocenters. The van der Waals surface area contributed by atoms with Gasteiger partial charge in [-0.25, -0.2) is 18.7 Å². The van der Waals surface area contributed by atoms with Crippen molar-refractivity contribution in [2.45, 2.75) is 13.1 Å². The molecule has 0 spiro atoms. The lowest BCUT2D eigenvalue weighted by Crippen LogP contribution is -2.19. The summed E-state index contributed by atoms with van der Waals surface area (Å²) < 4.78 is 25.9. The number of hydrogen-bond acceptors (Lipinski definition) is 4. The lowest BCUT2D eigenvalue weighted by molar-refractivity contribution is 0.507. The van der Waals surface area contributed by atoms with Crippen molar-refractivity contribution in [3.8, 4) is 0 Å². The quantitative estimate of drug-likeness (QED) is 0.915. The Hall–Kier alpha value is -2.08. The Kier molecular flexibility index (Phi) is 4.01. The minimum atomic E-state index is -0.851. The van der Waals surface area contributed by atoms with E-state index in [9.17, 15) is 8.78 Å². The van der Waals surface area contributed by atoms with Crippen LogP contribution in [0.4, 0.5) is 14.6 Å². The number of anilines is 1. The number of rotatable bonds is 4. The third-order valence-electron chi connectivity index (χ3n) is 2.67. The molecule has 0 aliphatic rings. The van der Waals surface area contributed by atoms with Gasteiger partial charge in [0.15, 0.2) is 11.6 Å². The summed E-state index contributed by atoms with van der Waals surface area (Å²) in [4.78, 5) is 10.1. The molecule has 0 aliphatic heterocycles. The number of benzene rings is 1. The summed E-state index contributed by atoms with van der Waals surface area (Å²) in [5.74, 6) is -0.482. The lowest BCUT2D eigenvalue weighted by atomic mass is 10.2. The minimum Gasteiger partial charge on any atom is -0.355 e. The second kappa shape index (κ2) is 5.71. The van der Waals surface area contributed by atoms with Gasteiger partial charge >= 0.3 is 0 Å². The second-order valence-corrected chi connectivity index (χ2v) is 4.14. The second-order valence-electron chi connectivity index (χ2n) is 4.14. The molecule has 0 radical (unpaired) electrons. The molecule has 0 amide bonds. The summed E-state index contributed by atoms with van der Waals surface area (Å²) in [6, 6.07) is 5.57. The predicted molar refractivity (Wildman–Crippen MR) is 68.4 cm³/mol. The van der Waals surface area contributed by atoms with E-state index in [0.717, 1.165) is 6.07 Å². The molecule has 0 bridgehead atoms. The zero-order chi connectivity index (χ0) is 13.8.